The van der Waals surface area contributed by atoms with Crippen LogP contribution in [0.3, 0.4) is 0 Å². The zero-order chi connectivity index (χ0) is 19.8. The Morgan fingerprint density at radius 2 is 1.77 bits per heavy atom. The lowest BCUT2D eigenvalue weighted by Crippen LogP contribution is -2.41. The van der Waals surface area contributed by atoms with Crippen LogP contribution in [0.4, 0.5) is 13.2 Å². The van der Waals surface area contributed by atoms with Crippen LogP contribution in [-0.4, -0.2) is 30.8 Å². The van der Waals surface area contributed by atoms with E-state index in [0.29, 0.717) is 11.0 Å². The summed E-state index contributed by atoms with van der Waals surface area (Å²) in [4.78, 5) is 11.3. The maximum atomic E-state index is 12.9. The summed E-state index contributed by atoms with van der Waals surface area (Å²) in [7, 11) is -0.763. The van der Waals surface area contributed by atoms with Gasteiger partial charge in [-0.05, 0) is 50.9 Å². The normalized spacial score (nSPS) is 19.5. The highest BCUT2D eigenvalue weighted by Gasteiger charge is 2.52. The van der Waals surface area contributed by atoms with Gasteiger partial charge in [0.25, 0.3) is 0 Å². The van der Waals surface area contributed by atoms with Crippen LogP contribution < -0.4 is 5.32 Å². The molecule has 1 saturated heterocycles. The number of rotatable bonds is 4. The fourth-order valence-corrected chi connectivity index (χ4v) is 2.44. The van der Waals surface area contributed by atoms with Crippen molar-refractivity contribution in [3.05, 3.63) is 40.9 Å². The van der Waals surface area contributed by atoms with E-state index in [-0.39, 0.29) is 12.5 Å². The third-order valence-electron chi connectivity index (χ3n) is 4.66. The molecule has 1 aliphatic rings. The molecule has 26 heavy (non-hydrogen) atoms. The Morgan fingerprint density at radius 3 is 2.27 bits per heavy atom. The Balaban J connectivity index is 2.37. The Morgan fingerprint density at radius 1 is 1.19 bits per heavy atom. The van der Waals surface area contributed by atoms with Crippen LogP contribution in [0, 0.1) is 0 Å². The molecule has 0 saturated carbocycles. The summed E-state index contributed by atoms with van der Waals surface area (Å²) >= 11 is 0. The van der Waals surface area contributed by atoms with Gasteiger partial charge in [-0.15, -0.1) is 0 Å². The van der Waals surface area contributed by atoms with E-state index in [2.05, 4.69) is 5.32 Å². The topological polar surface area (TPSA) is 47.6 Å². The number of nitrogens with one attached hydrogen (secondary N) is 1. The molecule has 1 amide bonds. The number of hydrogen-bond donors (Lipinski definition) is 1. The van der Waals surface area contributed by atoms with E-state index in [0.717, 1.165) is 12.1 Å². The number of alkyl halides is 3. The van der Waals surface area contributed by atoms with Crippen molar-refractivity contribution in [2.45, 2.75) is 52.0 Å². The summed E-state index contributed by atoms with van der Waals surface area (Å²) in [6.45, 7) is 9.01. The van der Waals surface area contributed by atoms with Crippen LogP contribution >= 0.6 is 0 Å². The zero-order valence-electron chi connectivity index (χ0n) is 15.5. The molecular weight excluding hydrogens is 346 g/mol. The van der Waals surface area contributed by atoms with Crippen LogP contribution in [0.1, 0.15) is 45.7 Å². The average Bonchev–Trinajstić information content (AvgIpc) is 2.71. The summed E-state index contributed by atoms with van der Waals surface area (Å²) in [5, 5.41) is 2.65. The number of amides is 1. The number of hydrogen-bond acceptors (Lipinski definition) is 3. The first-order chi connectivity index (χ1) is 11.8. The first-order valence-corrected chi connectivity index (χ1v) is 8.30. The van der Waals surface area contributed by atoms with Gasteiger partial charge in [0.05, 0.1) is 16.8 Å². The summed E-state index contributed by atoms with van der Waals surface area (Å²) in [6, 6.07) is 4.97. The molecule has 0 bridgehead atoms. The smallest absolute Gasteiger partial charge is 0.400 e. The largest absolute Gasteiger partial charge is 0.492 e. The molecule has 1 heterocycles. The first kappa shape index (κ1) is 20.5. The molecule has 0 radical (unpaired) electrons. The van der Waals surface area contributed by atoms with Gasteiger partial charge in [0.15, 0.2) is 0 Å². The van der Waals surface area contributed by atoms with E-state index < -0.39 is 30.1 Å². The predicted molar refractivity (Wildman–Crippen MR) is 94.2 cm³/mol. The van der Waals surface area contributed by atoms with Gasteiger partial charge in [-0.1, -0.05) is 18.2 Å². The fourth-order valence-electron chi connectivity index (χ4n) is 2.44. The fraction of sp³-hybridized carbons (Fsp3) is 0.500. The predicted octanol–water partition coefficient (Wildman–Crippen LogP) is 3.86. The monoisotopic (exact) mass is 369 g/mol. The van der Waals surface area contributed by atoms with E-state index in [4.69, 9.17) is 9.31 Å². The maximum Gasteiger partial charge on any atom is 0.492 e. The highest BCUT2D eigenvalue weighted by molar-refractivity contribution is 6.56. The minimum absolute atomic E-state index is 0.113. The van der Waals surface area contributed by atoms with Gasteiger partial charge in [-0.25, -0.2) is 0 Å². The van der Waals surface area contributed by atoms with Crippen LogP contribution in [0.15, 0.2) is 29.7 Å². The van der Waals surface area contributed by atoms with E-state index in [1.54, 1.807) is 12.1 Å². The van der Waals surface area contributed by atoms with E-state index in [1.807, 2.05) is 27.7 Å². The summed E-state index contributed by atoms with van der Waals surface area (Å²) < 4.78 is 50.7. The quantitative estimate of drug-likeness (QED) is 0.820. The average molecular weight is 369 g/mol. The van der Waals surface area contributed by atoms with E-state index in [1.165, 1.54) is 13.0 Å². The van der Waals surface area contributed by atoms with Gasteiger partial charge in [0.2, 0.25) is 5.91 Å². The van der Waals surface area contributed by atoms with Crippen molar-refractivity contribution in [2.75, 3.05) is 6.54 Å². The standard InChI is InChI=1S/C18H23BF3NO3/c1-12(24)23-11-15(19-25-16(2,3)17(4,5)26-19)10-13-7-6-8-14(9-13)18(20,21)22/h6-10H,11H2,1-5H3,(H,23,24). The number of benzene rings is 1. The van der Waals surface area contributed by atoms with Gasteiger partial charge in [-0.3, -0.25) is 4.79 Å². The molecule has 0 aliphatic carbocycles. The molecule has 142 valence electrons. The van der Waals surface area contributed by atoms with Gasteiger partial charge >= 0.3 is 13.3 Å². The van der Waals surface area contributed by atoms with E-state index in [9.17, 15) is 18.0 Å². The van der Waals surface area contributed by atoms with Crippen molar-refractivity contribution in [3.8, 4) is 0 Å². The van der Waals surface area contributed by atoms with Crippen molar-refractivity contribution in [2.24, 2.45) is 0 Å². The summed E-state index contributed by atoms with van der Waals surface area (Å²) in [6.07, 6.45) is -2.86. The van der Waals surface area contributed by atoms with Crippen LogP contribution in [0.2, 0.25) is 0 Å². The van der Waals surface area contributed by atoms with Crippen molar-refractivity contribution in [1.82, 2.24) is 5.32 Å². The Hall–Kier alpha value is -1.80. The molecule has 4 nitrogen and oxygen atoms in total. The first-order valence-electron chi connectivity index (χ1n) is 8.30. The third-order valence-corrected chi connectivity index (χ3v) is 4.66. The van der Waals surface area contributed by atoms with Crippen molar-refractivity contribution < 1.29 is 27.3 Å². The van der Waals surface area contributed by atoms with E-state index >= 15 is 0 Å². The molecule has 0 atom stereocenters. The van der Waals surface area contributed by atoms with Crippen LogP contribution in [0.25, 0.3) is 6.08 Å². The highest BCUT2D eigenvalue weighted by Crippen LogP contribution is 2.39. The molecule has 0 spiro atoms. The maximum absolute atomic E-state index is 12.9. The molecule has 0 unspecified atom stereocenters. The second kappa shape index (κ2) is 7.08. The third kappa shape index (κ3) is 4.68. The molecule has 1 aliphatic heterocycles. The Bertz CT molecular complexity index is 698. The van der Waals surface area contributed by atoms with Crippen molar-refractivity contribution in [3.63, 3.8) is 0 Å². The van der Waals surface area contributed by atoms with Crippen molar-refractivity contribution >= 4 is 19.1 Å². The van der Waals surface area contributed by atoms with Gasteiger partial charge in [0.1, 0.15) is 0 Å². The second-order valence-corrected chi connectivity index (χ2v) is 7.34. The molecule has 1 N–H and O–H groups in total. The highest BCUT2D eigenvalue weighted by atomic mass is 19.4. The zero-order valence-corrected chi connectivity index (χ0v) is 15.5. The summed E-state index contributed by atoms with van der Waals surface area (Å²) in [5.41, 5.74) is -1.03. The minimum Gasteiger partial charge on any atom is -0.400 e. The van der Waals surface area contributed by atoms with Crippen LogP contribution in [0.5, 0.6) is 0 Å². The minimum atomic E-state index is -4.42. The van der Waals surface area contributed by atoms with Gasteiger partial charge in [-0.2, -0.15) is 13.2 Å². The van der Waals surface area contributed by atoms with Gasteiger partial charge < -0.3 is 14.6 Å². The molecular formula is C18H23BF3NO3. The number of halogens is 3. The summed E-state index contributed by atoms with van der Waals surface area (Å²) in [5.74, 6) is -0.253. The number of carbonyl (C=O) groups is 1. The lowest BCUT2D eigenvalue weighted by molar-refractivity contribution is -0.137. The van der Waals surface area contributed by atoms with Gasteiger partial charge in [0, 0.05) is 13.5 Å². The molecule has 2 rings (SSSR count). The number of carbonyl (C=O) groups excluding carboxylic acids is 1. The lowest BCUT2D eigenvalue weighted by Gasteiger charge is -2.32. The Labute approximate surface area is 151 Å². The second-order valence-electron chi connectivity index (χ2n) is 7.34. The van der Waals surface area contributed by atoms with Crippen LogP contribution in [-0.2, 0) is 20.3 Å². The molecule has 8 heteroatoms. The SMILES string of the molecule is CC(=O)NCC(=Cc1cccc(C(F)(F)F)c1)B1OC(C)(C)C(C)(C)O1. The molecule has 1 fully saturated rings. The van der Waals surface area contributed by atoms with Crippen molar-refractivity contribution in [1.29, 1.82) is 0 Å². The molecule has 0 aromatic heterocycles. The molecule has 1 aromatic carbocycles. The molecule has 1 aromatic rings. The lowest BCUT2D eigenvalue weighted by atomic mass is 9.77. The Kier molecular flexibility index (Phi) is 5.59.